The van der Waals surface area contributed by atoms with Crippen molar-refractivity contribution in [3.63, 3.8) is 0 Å². The first-order valence-electron chi connectivity index (χ1n) is 5.52. The van der Waals surface area contributed by atoms with Gasteiger partial charge in [0.2, 0.25) is 0 Å². The summed E-state index contributed by atoms with van der Waals surface area (Å²) in [5.41, 5.74) is 2.47. The molecule has 2 rings (SSSR count). The zero-order chi connectivity index (χ0) is 11.4. The first-order chi connectivity index (χ1) is 7.79. The Bertz CT molecular complexity index is 338. The van der Waals surface area contributed by atoms with Crippen LogP contribution in [0.2, 0.25) is 0 Å². The van der Waals surface area contributed by atoms with E-state index in [-0.39, 0.29) is 0 Å². The van der Waals surface area contributed by atoms with Crippen LogP contribution < -0.4 is 16.6 Å². The van der Waals surface area contributed by atoms with E-state index in [4.69, 9.17) is 5.84 Å². The molecule has 0 unspecified atom stereocenters. The van der Waals surface area contributed by atoms with Crippen molar-refractivity contribution in [2.24, 2.45) is 5.84 Å². The minimum atomic E-state index is 0.570. The molecule has 0 radical (unpaired) electrons. The number of hydrogen-bond donors (Lipinski definition) is 3. The number of nitrogens with one attached hydrogen (secondary N) is 2. The minimum Gasteiger partial charge on any atom is -0.367 e. The lowest BCUT2D eigenvalue weighted by Crippen LogP contribution is -2.27. The SMILES string of the molecule is CN(CCNc1cncc(NN)n1)C1CC1. The number of hydrogen-bond acceptors (Lipinski definition) is 6. The Hall–Kier alpha value is -1.40. The third-order valence-corrected chi connectivity index (χ3v) is 2.72. The fourth-order valence-corrected chi connectivity index (χ4v) is 1.58. The Morgan fingerprint density at radius 2 is 2.19 bits per heavy atom. The molecule has 0 amide bonds. The van der Waals surface area contributed by atoms with Crippen LogP contribution in [-0.2, 0) is 0 Å². The van der Waals surface area contributed by atoms with E-state index in [1.54, 1.807) is 12.4 Å². The molecule has 6 nitrogen and oxygen atoms in total. The van der Waals surface area contributed by atoms with Crippen LogP contribution in [0.5, 0.6) is 0 Å². The van der Waals surface area contributed by atoms with Crippen LogP contribution in [-0.4, -0.2) is 41.0 Å². The predicted molar refractivity (Wildman–Crippen MR) is 64.0 cm³/mol. The van der Waals surface area contributed by atoms with Crippen LogP contribution in [0, 0.1) is 0 Å². The van der Waals surface area contributed by atoms with Crippen LogP contribution >= 0.6 is 0 Å². The molecule has 0 atom stereocenters. The summed E-state index contributed by atoms with van der Waals surface area (Å²) in [5, 5.41) is 3.22. The third kappa shape index (κ3) is 3.04. The fraction of sp³-hybridized carbons (Fsp3) is 0.600. The number of anilines is 2. The van der Waals surface area contributed by atoms with Crippen LogP contribution in [0.1, 0.15) is 12.8 Å². The van der Waals surface area contributed by atoms with Crippen molar-refractivity contribution in [2.75, 3.05) is 30.9 Å². The number of nitrogens with zero attached hydrogens (tertiary/aromatic N) is 3. The van der Waals surface area contributed by atoms with Gasteiger partial charge in [-0.2, -0.15) is 0 Å². The highest BCUT2D eigenvalue weighted by Crippen LogP contribution is 2.24. The van der Waals surface area contributed by atoms with Crippen molar-refractivity contribution in [3.8, 4) is 0 Å². The van der Waals surface area contributed by atoms with Crippen LogP contribution in [0.15, 0.2) is 12.4 Å². The fourth-order valence-electron chi connectivity index (χ4n) is 1.58. The van der Waals surface area contributed by atoms with E-state index in [0.717, 1.165) is 24.9 Å². The van der Waals surface area contributed by atoms with Gasteiger partial charge >= 0.3 is 0 Å². The number of aromatic nitrogens is 2. The highest BCUT2D eigenvalue weighted by molar-refractivity contribution is 5.40. The molecule has 0 aromatic carbocycles. The lowest BCUT2D eigenvalue weighted by atomic mass is 10.5. The van der Waals surface area contributed by atoms with Gasteiger partial charge in [0.15, 0.2) is 5.82 Å². The van der Waals surface area contributed by atoms with E-state index in [9.17, 15) is 0 Å². The van der Waals surface area contributed by atoms with Gasteiger partial charge < -0.3 is 15.6 Å². The zero-order valence-electron chi connectivity index (χ0n) is 9.48. The standard InChI is InChI=1S/C10H18N6/c1-16(8-2-3-8)5-4-13-9-6-12-7-10(14-9)15-11/h6-8H,2-5,11H2,1H3,(H2,13,14,15). The first-order valence-corrected chi connectivity index (χ1v) is 5.52. The monoisotopic (exact) mass is 222 g/mol. The van der Waals surface area contributed by atoms with E-state index < -0.39 is 0 Å². The van der Waals surface area contributed by atoms with Crippen LogP contribution in [0.25, 0.3) is 0 Å². The topological polar surface area (TPSA) is 79.1 Å². The third-order valence-electron chi connectivity index (χ3n) is 2.72. The second-order valence-electron chi connectivity index (χ2n) is 4.07. The molecule has 1 aliphatic rings. The van der Waals surface area contributed by atoms with Gasteiger partial charge in [-0.05, 0) is 19.9 Å². The van der Waals surface area contributed by atoms with Gasteiger partial charge in [-0.15, -0.1) is 0 Å². The number of rotatable bonds is 6. The Morgan fingerprint density at radius 3 is 2.88 bits per heavy atom. The molecule has 1 fully saturated rings. The predicted octanol–water partition coefficient (Wildman–Crippen LogP) is 0.268. The van der Waals surface area contributed by atoms with Gasteiger partial charge in [0.25, 0.3) is 0 Å². The van der Waals surface area contributed by atoms with Gasteiger partial charge in [0, 0.05) is 19.1 Å². The Balaban J connectivity index is 1.75. The lowest BCUT2D eigenvalue weighted by molar-refractivity contribution is 0.337. The van der Waals surface area contributed by atoms with E-state index >= 15 is 0 Å². The molecule has 16 heavy (non-hydrogen) atoms. The summed E-state index contributed by atoms with van der Waals surface area (Å²) in [6.07, 6.45) is 5.95. The first kappa shape index (κ1) is 11.1. The Kier molecular flexibility index (Phi) is 3.53. The molecular weight excluding hydrogens is 204 g/mol. The maximum atomic E-state index is 5.26. The molecule has 6 heteroatoms. The molecule has 1 aliphatic carbocycles. The van der Waals surface area contributed by atoms with E-state index in [1.807, 2.05) is 0 Å². The van der Waals surface area contributed by atoms with Crippen molar-refractivity contribution in [2.45, 2.75) is 18.9 Å². The molecule has 1 heterocycles. The van der Waals surface area contributed by atoms with Crippen molar-refractivity contribution < 1.29 is 0 Å². The van der Waals surface area contributed by atoms with Crippen molar-refractivity contribution in [1.29, 1.82) is 0 Å². The van der Waals surface area contributed by atoms with Gasteiger partial charge in [-0.25, -0.2) is 10.8 Å². The normalized spacial score (nSPS) is 15.2. The van der Waals surface area contributed by atoms with Crippen LogP contribution in [0.3, 0.4) is 0 Å². The smallest absolute Gasteiger partial charge is 0.160 e. The molecule has 0 saturated heterocycles. The highest BCUT2D eigenvalue weighted by Gasteiger charge is 2.25. The second kappa shape index (κ2) is 5.09. The molecule has 0 bridgehead atoms. The molecule has 1 saturated carbocycles. The minimum absolute atomic E-state index is 0.570. The average Bonchev–Trinajstić information content (AvgIpc) is 3.13. The maximum absolute atomic E-state index is 5.26. The molecule has 0 aliphatic heterocycles. The second-order valence-corrected chi connectivity index (χ2v) is 4.07. The lowest BCUT2D eigenvalue weighted by Gasteiger charge is -2.15. The van der Waals surface area contributed by atoms with Crippen molar-refractivity contribution in [3.05, 3.63) is 12.4 Å². The summed E-state index contributed by atoms with van der Waals surface area (Å²) in [5.74, 6) is 6.57. The van der Waals surface area contributed by atoms with Crippen LogP contribution in [0.4, 0.5) is 11.6 Å². The van der Waals surface area contributed by atoms with Gasteiger partial charge in [-0.1, -0.05) is 0 Å². The summed E-state index contributed by atoms with van der Waals surface area (Å²) in [4.78, 5) is 10.6. The molecule has 88 valence electrons. The summed E-state index contributed by atoms with van der Waals surface area (Å²) >= 11 is 0. The van der Waals surface area contributed by atoms with Gasteiger partial charge in [0.1, 0.15) is 5.82 Å². The van der Waals surface area contributed by atoms with E-state index in [0.29, 0.717) is 5.82 Å². The maximum Gasteiger partial charge on any atom is 0.160 e. The zero-order valence-corrected chi connectivity index (χ0v) is 9.48. The highest BCUT2D eigenvalue weighted by atomic mass is 15.3. The largest absolute Gasteiger partial charge is 0.367 e. The summed E-state index contributed by atoms with van der Waals surface area (Å²) in [6, 6.07) is 0.796. The number of hydrazine groups is 1. The molecule has 1 aromatic rings. The van der Waals surface area contributed by atoms with Crippen molar-refractivity contribution in [1.82, 2.24) is 14.9 Å². The quantitative estimate of drug-likeness (QED) is 0.473. The average molecular weight is 222 g/mol. The van der Waals surface area contributed by atoms with E-state index in [1.165, 1.54) is 12.8 Å². The van der Waals surface area contributed by atoms with Gasteiger partial charge in [-0.3, -0.25) is 4.98 Å². The molecule has 4 N–H and O–H groups in total. The molecule has 0 spiro atoms. The van der Waals surface area contributed by atoms with E-state index in [2.05, 4.69) is 32.7 Å². The summed E-state index contributed by atoms with van der Waals surface area (Å²) in [7, 11) is 2.16. The molecular formula is C10H18N6. The summed E-state index contributed by atoms with van der Waals surface area (Å²) < 4.78 is 0. The number of nitrogen functional groups attached to an aromatic ring is 1. The number of likely N-dealkylation sites (N-methyl/N-ethyl adjacent to an activating group) is 1. The molecule has 1 aromatic heterocycles. The van der Waals surface area contributed by atoms with Crippen molar-refractivity contribution >= 4 is 11.6 Å². The van der Waals surface area contributed by atoms with Gasteiger partial charge in [0.05, 0.1) is 12.4 Å². The number of nitrogens with two attached hydrogens (primary N) is 1. The Morgan fingerprint density at radius 1 is 1.44 bits per heavy atom. The summed E-state index contributed by atoms with van der Waals surface area (Å²) in [6.45, 7) is 1.89. The Labute approximate surface area is 95.2 Å².